The number of nitrogens with two attached hydrogens (primary N) is 1. The Hall–Kier alpha value is -0.498. The van der Waals surface area contributed by atoms with Gasteiger partial charge in [0.1, 0.15) is 0 Å². The van der Waals surface area contributed by atoms with Gasteiger partial charge in [-0.05, 0) is 0 Å². The first kappa shape index (κ1) is 8.12. The van der Waals surface area contributed by atoms with Crippen molar-refractivity contribution in [3.05, 3.63) is 18.0 Å². The average Bonchev–Trinajstić information content (AvgIpc) is 2.46. The van der Waals surface area contributed by atoms with Crippen LogP contribution in [0.3, 0.4) is 0 Å². The number of pyridine rings is 1. The van der Waals surface area contributed by atoms with Crippen LogP contribution in [0.1, 0.15) is 5.82 Å². The quantitative estimate of drug-likeness (QED) is 0.660. The van der Waals surface area contributed by atoms with Crippen molar-refractivity contribution in [1.29, 1.82) is 0 Å². The van der Waals surface area contributed by atoms with Crippen LogP contribution in [-0.4, -0.2) is 40.7 Å². The minimum absolute atomic E-state index is 0.437. The van der Waals surface area contributed by atoms with Gasteiger partial charge in [0.05, 0.1) is 0 Å². The standard InChI is InChI=1S/C7H7N4.Pb/c8-4-6-10-5-2-1-3-9-7(5)11-6;/h1-2H,4,8H2,(H,9,10,11);. The van der Waals surface area contributed by atoms with Gasteiger partial charge in [-0.2, -0.15) is 0 Å². The number of hydrogen-bond donors (Lipinski definition) is 2. The third kappa shape index (κ3) is 1.36. The monoisotopic (exact) mass is 355 g/mol. The SMILES string of the molecule is NCc1nc2n[c]([Pb])ccc2[nH]1. The van der Waals surface area contributed by atoms with Gasteiger partial charge in [-0.1, -0.05) is 0 Å². The van der Waals surface area contributed by atoms with Crippen LogP contribution in [0.5, 0.6) is 0 Å². The molecule has 2 heterocycles. The summed E-state index contributed by atoms with van der Waals surface area (Å²) in [5.41, 5.74) is 7.19. The van der Waals surface area contributed by atoms with Crippen molar-refractivity contribution in [2.24, 2.45) is 5.73 Å². The van der Waals surface area contributed by atoms with E-state index >= 15 is 0 Å². The number of hydrogen-bond acceptors (Lipinski definition) is 3. The maximum absolute atomic E-state index is 5.44. The Kier molecular flexibility index (Phi) is 2.09. The molecule has 0 saturated carbocycles. The Morgan fingerprint density at radius 1 is 1.42 bits per heavy atom. The predicted molar refractivity (Wildman–Crippen MR) is 47.2 cm³/mol. The van der Waals surface area contributed by atoms with Crippen molar-refractivity contribution in [2.45, 2.75) is 6.54 Å². The normalized spacial score (nSPS) is 10.8. The zero-order valence-corrected chi connectivity index (χ0v) is 10.2. The molecule has 4 nitrogen and oxygen atoms in total. The molecular weight excluding hydrogens is 347 g/mol. The Morgan fingerprint density at radius 2 is 2.25 bits per heavy atom. The average molecular weight is 354 g/mol. The van der Waals surface area contributed by atoms with Gasteiger partial charge in [-0.15, -0.1) is 0 Å². The van der Waals surface area contributed by atoms with Crippen molar-refractivity contribution < 1.29 is 0 Å². The van der Waals surface area contributed by atoms with E-state index in [4.69, 9.17) is 5.73 Å². The summed E-state index contributed by atoms with van der Waals surface area (Å²) in [5, 5.41) is 0. The molecule has 3 N–H and O–H groups in total. The maximum atomic E-state index is 5.44. The Balaban J connectivity index is 2.67. The molecule has 12 heavy (non-hydrogen) atoms. The fourth-order valence-corrected chi connectivity index (χ4v) is 1.77. The second kappa shape index (κ2) is 3.10. The van der Waals surface area contributed by atoms with E-state index in [9.17, 15) is 0 Å². The molecule has 59 valence electrons. The molecule has 0 fully saturated rings. The molecule has 0 bridgehead atoms. The third-order valence-corrected chi connectivity index (χ3v) is 2.67. The van der Waals surface area contributed by atoms with Gasteiger partial charge >= 0.3 is 85.4 Å². The first-order valence-electron chi connectivity index (χ1n) is 3.57. The Labute approximate surface area is 85.3 Å². The van der Waals surface area contributed by atoms with Crippen LogP contribution in [0.2, 0.25) is 0 Å². The fraction of sp³-hybridized carbons (Fsp3) is 0.143. The summed E-state index contributed by atoms with van der Waals surface area (Å²) in [6.45, 7) is 0.437. The minimum atomic E-state index is 0.437. The molecule has 5 heteroatoms. The summed E-state index contributed by atoms with van der Waals surface area (Å²) in [6, 6.07) is 4.00. The van der Waals surface area contributed by atoms with E-state index < -0.39 is 0 Å². The van der Waals surface area contributed by atoms with Crippen molar-refractivity contribution in [1.82, 2.24) is 15.0 Å². The van der Waals surface area contributed by atoms with Gasteiger partial charge in [0.15, 0.2) is 0 Å². The predicted octanol–water partition coefficient (Wildman–Crippen LogP) is -0.790. The molecule has 0 amide bonds. The van der Waals surface area contributed by atoms with E-state index in [2.05, 4.69) is 15.0 Å². The van der Waals surface area contributed by atoms with Gasteiger partial charge in [-0.25, -0.2) is 0 Å². The van der Waals surface area contributed by atoms with Crippen LogP contribution in [0.15, 0.2) is 12.1 Å². The summed E-state index contributed by atoms with van der Waals surface area (Å²) in [7, 11) is 0. The zero-order valence-electron chi connectivity index (χ0n) is 6.33. The fourth-order valence-electron chi connectivity index (χ4n) is 1.04. The van der Waals surface area contributed by atoms with Gasteiger partial charge in [0.2, 0.25) is 0 Å². The summed E-state index contributed by atoms with van der Waals surface area (Å²) < 4.78 is 1.11. The molecule has 0 atom stereocenters. The first-order chi connectivity index (χ1) is 5.79. The van der Waals surface area contributed by atoms with Crippen LogP contribution in [0, 0.1) is 0 Å². The molecule has 0 aliphatic rings. The van der Waals surface area contributed by atoms with Crippen LogP contribution < -0.4 is 8.99 Å². The molecule has 2 aromatic heterocycles. The number of aromatic nitrogens is 3. The van der Waals surface area contributed by atoms with E-state index in [1.807, 2.05) is 12.1 Å². The van der Waals surface area contributed by atoms with E-state index in [-0.39, 0.29) is 0 Å². The van der Waals surface area contributed by atoms with Gasteiger partial charge in [0.25, 0.3) is 0 Å². The summed E-state index contributed by atoms with van der Waals surface area (Å²) >= 11 is 0.958. The van der Waals surface area contributed by atoms with Crippen LogP contribution in [0.25, 0.3) is 11.2 Å². The molecule has 0 aromatic carbocycles. The summed E-state index contributed by atoms with van der Waals surface area (Å²) in [6.07, 6.45) is 0. The molecule has 2 rings (SSSR count). The topological polar surface area (TPSA) is 67.6 Å². The molecule has 0 aliphatic heterocycles. The molecule has 2 aromatic rings. The van der Waals surface area contributed by atoms with Crippen molar-refractivity contribution in [3.8, 4) is 0 Å². The number of nitrogens with zero attached hydrogens (tertiary/aromatic N) is 2. The number of H-pyrrole nitrogens is 1. The molecule has 0 saturated heterocycles. The molecular formula is C7H7N4Pb. The number of imidazole rings is 1. The van der Waals surface area contributed by atoms with Gasteiger partial charge in [-0.3, -0.25) is 0 Å². The van der Waals surface area contributed by atoms with Crippen LogP contribution in [0.4, 0.5) is 0 Å². The van der Waals surface area contributed by atoms with Crippen LogP contribution in [-0.2, 0) is 6.54 Å². The molecule has 0 unspecified atom stereocenters. The zero-order chi connectivity index (χ0) is 8.55. The van der Waals surface area contributed by atoms with E-state index in [1.54, 1.807) is 0 Å². The Bertz CT molecular complexity index is 409. The summed E-state index contributed by atoms with van der Waals surface area (Å²) in [5.74, 6) is 0.796. The van der Waals surface area contributed by atoms with Crippen molar-refractivity contribution >= 4 is 40.2 Å². The number of fused-ring (bicyclic) bond motifs is 1. The summed E-state index contributed by atoms with van der Waals surface area (Å²) in [4.78, 5) is 11.6. The molecule has 0 aliphatic carbocycles. The number of nitrogens with one attached hydrogen (secondary N) is 1. The second-order valence-electron chi connectivity index (χ2n) is 2.46. The van der Waals surface area contributed by atoms with E-state index in [0.29, 0.717) is 6.54 Å². The second-order valence-corrected chi connectivity index (χ2v) is 4.45. The van der Waals surface area contributed by atoms with Crippen molar-refractivity contribution in [3.63, 3.8) is 0 Å². The number of rotatable bonds is 1. The molecule has 3 radical (unpaired) electrons. The van der Waals surface area contributed by atoms with Crippen LogP contribution >= 0.6 is 0 Å². The Morgan fingerprint density at radius 3 is 3.00 bits per heavy atom. The number of aromatic amines is 1. The van der Waals surface area contributed by atoms with Crippen molar-refractivity contribution in [2.75, 3.05) is 0 Å². The third-order valence-electron chi connectivity index (χ3n) is 1.59. The molecule has 0 spiro atoms. The van der Waals surface area contributed by atoms with Gasteiger partial charge in [0, 0.05) is 0 Å². The van der Waals surface area contributed by atoms with E-state index in [0.717, 1.165) is 46.0 Å². The van der Waals surface area contributed by atoms with Gasteiger partial charge < -0.3 is 0 Å². The van der Waals surface area contributed by atoms with E-state index in [1.165, 1.54) is 0 Å². The first-order valence-corrected chi connectivity index (χ1v) is 5.51.